The van der Waals surface area contributed by atoms with Gasteiger partial charge in [0.05, 0.1) is 5.41 Å². The highest BCUT2D eigenvalue weighted by molar-refractivity contribution is 6.08. The Kier molecular flexibility index (Phi) is 2.94. The predicted octanol–water partition coefficient (Wildman–Crippen LogP) is 2.70. The fourth-order valence-electron chi connectivity index (χ4n) is 3.31. The molecule has 0 saturated carbocycles. The van der Waals surface area contributed by atoms with Crippen LogP contribution in [0, 0.1) is 5.82 Å². The van der Waals surface area contributed by atoms with Gasteiger partial charge in [0.15, 0.2) is 17.3 Å². The first-order valence-electron chi connectivity index (χ1n) is 7.42. The number of hydrogen-bond donors (Lipinski definition) is 1. The molecule has 2 aliphatic rings. The molecule has 0 radical (unpaired) electrons. The van der Waals surface area contributed by atoms with E-state index in [0.717, 1.165) is 11.1 Å². The van der Waals surface area contributed by atoms with Crippen LogP contribution in [-0.4, -0.2) is 23.1 Å². The van der Waals surface area contributed by atoms with Crippen LogP contribution in [0.25, 0.3) is 0 Å². The standard InChI is InChI=1S/C18H13FO5/c1-18(10-2-4-11(19)5-3-10)8-9-6-13-14(7-12(9)15(18)20)24-17(23-13)16(21)22/h2-7,17H,8H2,1H3,(H,21,22). The van der Waals surface area contributed by atoms with Crippen molar-refractivity contribution in [1.82, 2.24) is 0 Å². The lowest BCUT2D eigenvalue weighted by Gasteiger charge is -2.22. The van der Waals surface area contributed by atoms with E-state index in [9.17, 15) is 14.0 Å². The minimum Gasteiger partial charge on any atom is -0.476 e. The molecular formula is C18H13FO5. The fraction of sp³-hybridized carbons (Fsp3) is 0.222. The van der Waals surface area contributed by atoms with Gasteiger partial charge in [-0.1, -0.05) is 12.1 Å². The lowest BCUT2D eigenvalue weighted by molar-refractivity contribution is -0.154. The van der Waals surface area contributed by atoms with E-state index in [0.29, 0.717) is 17.7 Å². The van der Waals surface area contributed by atoms with Crippen molar-refractivity contribution in [1.29, 1.82) is 0 Å². The van der Waals surface area contributed by atoms with Crippen LogP contribution in [0.15, 0.2) is 36.4 Å². The van der Waals surface area contributed by atoms with Crippen molar-refractivity contribution >= 4 is 11.8 Å². The van der Waals surface area contributed by atoms with Crippen molar-refractivity contribution in [3.8, 4) is 11.5 Å². The minimum absolute atomic E-state index is 0.103. The van der Waals surface area contributed by atoms with Gasteiger partial charge in [-0.25, -0.2) is 9.18 Å². The molecule has 0 fully saturated rings. The second-order valence-electron chi connectivity index (χ2n) is 6.21. The zero-order valence-electron chi connectivity index (χ0n) is 12.7. The fourth-order valence-corrected chi connectivity index (χ4v) is 3.31. The summed E-state index contributed by atoms with van der Waals surface area (Å²) in [6.45, 7) is 1.81. The van der Waals surface area contributed by atoms with Crippen molar-refractivity contribution in [2.24, 2.45) is 0 Å². The molecule has 1 aliphatic heterocycles. The maximum atomic E-state index is 13.2. The van der Waals surface area contributed by atoms with Crippen LogP contribution in [0.5, 0.6) is 11.5 Å². The number of fused-ring (bicyclic) bond motifs is 2. The van der Waals surface area contributed by atoms with Gasteiger partial charge in [-0.15, -0.1) is 0 Å². The summed E-state index contributed by atoms with van der Waals surface area (Å²) in [7, 11) is 0. The van der Waals surface area contributed by atoms with Crippen LogP contribution in [0.2, 0.25) is 0 Å². The van der Waals surface area contributed by atoms with Crippen LogP contribution >= 0.6 is 0 Å². The Morgan fingerprint density at radius 3 is 2.46 bits per heavy atom. The first kappa shape index (κ1) is 14.7. The Balaban J connectivity index is 1.72. The number of ketones is 1. The van der Waals surface area contributed by atoms with Crippen LogP contribution in [0.3, 0.4) is 0 Å². The molecule has 2 aromatic rings. The Bertz CT molecular complexity index is 874. The molecule has 0 amide bonds. The van der Waals surface area contributed by atoms with E-state index < -0.39 is 17.7 Å². The van der Waals surface area contributed by atoms with Gasteiger partial charge in [0.1, 0.15) is 5.82 Å². The topological polar surface area (TPSA) is 72.8 Å². The predicted molar refractivity (Wildman–Crippen MR) is 80.9 cm³/mol. The van der Waals surface area contributed by atoms with Gasteiger partial charge in [-0.3, -0.25) is 4.79 Å². The molecule has 0 saturated heterocycles. The Hall–Kier alpha value is -2.89. The number of benzene rings is 2. The minimum atomic E-state index is -1.39. The van der Waals surface area contributed by atoms with Gasteiger partial charge in [0.2, 0.25) is 0 Å². The lowest BCUT2D eigenvalue weighted by atomic mass is 9.79. The summed E-state index contributed by atoms with van der Waals surface area (Å²) in [5, 5.41) is 8.95. The van der Waals surface area contributed by atoms with E-state index in [2.05, 4.69) is 0 Å². The normalized spacial score (nSPS) is 24.1. The van der Waals surface area contributed by atoms with Gasteiger partial charge < -0.3 is 14.6 Å². The van der Waals surface area contributed by atoms with Gasteiger partial charge >= 0.3 is 12.3 Å². The lowest BCUT2D eigenvalue weighted by Crippen LogP contribution is -2.29. The highest BCUT2D eigenvalue weighted by Crippen LogP contribution is 2.45. The van der Waals surface area contributed by atoms with Crippen LogP contribution < -0.4 is 9.47 Å². The molecule has 122 valence electrons. The third kappa shape index (κ3) is 1.99. The summed E-state index contributed by atoms with van der Waals surface area (Å²) in [6, 6.07) is 9.08. The zero-order chi connectivity index (χ0) is 17.1. The van der Waals surface area contributed by atoms with Crippen LogP contribution in [-0.2, 0) is 16.6 Å². The molecule has 6 heteroatoms. The van der Waals surface area contributed by atoms with E-state index in [1.54, 1.807) is 18.2 Å². The largest absolute Gasteiger partial charge is 0.476 e. The summed E-state index contributed by atoms with van der Waals surface area (Å²) < 4.78 is 23.6. The Labute approximate surface area is 136 Å². The molecule has 2 aromatic carbocycles. The first-order chi connectivity index (χ1) is 11.4. The van der Waals surface area contributed by atoms with E-state index in [-0.39, 0.29) is 17.3 Å². The number of carbonyl (C=O) groups excluding carboxylic acids is 1. The summed E-state index contributed by atoms with van der Waals surface area (Å²) in [5.74, 6) is -1.12. The smallest absolute Gasteiger partial charge is 0.387 e. The molecule has 1 N–H and O–H groups in total. The molecule has 1 heterocycles. The number of carboxylic acid groups (broad SMARTS) is 1. The number of carbonyl (C=O) groups is 2. The van der Waals surface area contributed by atoms with Crippen molar-refractivity contribution in [2.45, 2.75) is 25.0 Å². The number of Topliss-reactive ketones (excluding diaryl/α,β-unsaturated/α-hetero) is 1. The van der Waals surface area contributed by atoms with Gasteiger partial charge in [0.25, 0.3) is 0 Å². The van der Waals surface area contributed by atoms with Crippen LogP contribution in [0.4, 0.5) is 4.39 Å². The average molecular weight is 328 g/mol. The van der Waals surface area contributed by atoms with E-state index in [1.807, 2.05) is 6.92 Å². The van der Waals surface area contributed by atoms with E-state index >= 15 is 0 Å². The highest BCUT2D eigenvalue weighted by atomic mass is 19.1. The maximum Gasteiger partial charge on any atom is 0.387 e. The SMILES string of the molecule is CC1(c2ccc(F)cc2)Cc2cc3c(cc2C1=O)OC(C(=O)O)O3. The number of hydrogen-bond acceptors (Lipinski definition) is 4. The van der Waals surface area contributed by atoms with Crippen molar-refractivity contribution in [2.75, 3.05) is 0 Å². The molecule has 0 bridgehead atoms. The van der Waals surface area contributed by atoms with Gasteiger partial charge in [0, 0.05) is 5.56 Å². The Morgan fingerprint density at radius 1 is 1.21 bits per heavy atom. The molecule has 5 nitrogen and oxygen atoms in total. The third-order valence-electron chi connectivity index (χ3n) is 4.61. The number of carboxylic acids is 1. The summed E-state index contributed by atoms with van der Waals surface area (Å²) in [5.41, 5.74) is 1.18. The quantitative estimate of drug-likeness (QED) is 0.917. The van der Waals surface area contributed by atoms with Crippen molar-refractivity contribution in [3.05, 3.63) is 58.9 Å². The van der Waals surface area contributed by atoms with Gasteiger partial charge in [-0.05, 0) is 48.7 Å². The molecule has 1 aliphatic carbocycles. The van der Waals surface area contributed by atoms with E-state index in [4.69, 9.17) is 14.6 Å². The monoisotopic (exact) mass is 328 g/mol. The molecule has 4 rings (SSSR count). The molecular weight excluding hydrogens is 315 g/mol. The Morgan fingerprint density at radius 2 is 1.83 bits per heavy atom. The summed E-state index contributed by atoms with van der Waals surface area (Å²) in [4.78, 5) is 23.9. The number of rotatable bonds is 2. The number of aliphatic carboxylic acids is 1. The third-order valence-corrected chi connectivity index (χ3v) is 4.61. The summed E-state index contributed by atoms with van der Waals surface area (Å²) >= 11 is 0. The molecule has 0 spiro atoms. The number of ether oxygens (including phenoxy) is 2. The van der Waals surface area contributed by atoms with Crippen molar-refractivity contribution in [3.63, 3.8) is 0 Å². The average Bonchev–Trinajstić information content (AvgIpc) is 3.06. The molecule has 24 heavy (non-hydrogen) atoms. The summed E-state index contributed by atoms with van der Waals surface area (Å²) in [6.07, 6.45) is -0.956. The van der Waals surface area contributed by atoms with Gasteiger partial charge in [-0.2, -0.15) is 0 Å². The molecule has 2 atom stereocenters. The number of halogens is 1. The van der Waals surface area contributed by atoms with Crippen molar-refractivity contribution < 1.29 is 28.6 Å². The maximum absolute atomic E-state index is 13.2. The second-order valence-corrected chi connectivity index (χ2v) is 6.21. The molecule has 2 unspecified atom stereocenters. The molecule has 0 aromatic heterocycles. The highest BCUT2D eigenvalue weighted by Gasteiger charge is 2.44. The zero-order valence-corrected chi connectivity index (χ0v) is 12.7. The first-order valence-corrected chi connectivity index (χ1v) is 7.42. The second kappa shape index (κ2) is 4.80. The van der Waals surface area contributed by atoms with Crippen LogP contribution in [0.1, 0.15) is 28.4 Å². The van der Waals surface area contributed by atoms with E-state index in [1.165, 1.54) is 18.2 Å².